The number of likely N-dealkylation sites (tertiary alicyclic amines) is 1. The quantitative estimate of drug-likeness (QED) is 0.252. The lowest BCUT2D eigenvalue weighted by atomic mass is 9.78. The Bertz CT molecular complexity index is 321. The maximum Gasteiger partial charge on any atom is 0.193 e. The van der Waals surface area contributed by atoms with E-state index in [4.69, 9.17) is 9.73 Å². The van der Waals surface area contributed by atoms with Crippen molar-refractivity contribution in [2.24, 2.45) is 10.4 Å². The summed E-state index contributed by atoms with van der Waals surface area (Å²) in [7, 11) is 1.77. The molecule has 0 saturated carbocycles. The number of methoxy groups -OCH3 is 1. The molecule has 1 N–H and O–H groups in total. The number of nitrogens with one attached hydrogen (secondary N) is 1. The summed E-state index contributed by atoms with van der Waals surface area (Å²) in [6.07, 6.45) is 8.73. The van der Waals surface area contributed by atoms with E-state index in [0.717, 1.165) is 51.6 Å². The maximum absolute atomic E-state index is 5.09. The molecule has 1 saturated heterocycles. The van der Waals surface area contributed by atoms with Gasteiger partial charge >= 0.3 is 0 Å². The molecule has 23 heavy (non-hydrogen) atoms. The number of hydrogen-bond donors (Lipinski definition) is 1. The molecule has 0 radical (unpaired) electrons. The van der Waals surface area contributed by atoms with Crippen LogP contribution >= 0.6 is 24.0 Å². The maximum atomic E-state index is 5.09. The Morgan fingerprint density at radius 3 is 2.70 bits per heavy atom. The van der Waals surface area contributed by atoms with Crippen molar-refractivity contribution >= 4 is 29.9 Å². The molecule has 5 heteroatoms. The van der Waals surface area contributed by atoms with Crippen molar-refractivity contribution in [2.75, 3.05) is 39.9 Å². The molecule has 0 bridgehead atoms. The fraction of sp³-hybridized carbons (Fsp3) is 0.944. The topological polar surface area (TPSA) is 36.9 Å². The van der Waals surface area contributed by atoms with Crippen molar-refractivity contribution in [3.8, 4) is 0 Å². The van der Waals surface area contributed by atoms with Gasteiger partial charge in [0.25, 0.3) is 0 Å². The van der Waals surface area contributed by atoms with Gasteiger partial charge in [-0.2, -0.15) is 0 Å². The summed E-state index contributed by atoms with van der Waals surface area (Å²) in [5, 5.41) is 3.49. The summed E-state index contributed by atoms with van der Waals surface area (Å²) >= 11 is 0. The monoisotopic (exact) mass is 439 g/mol. The lowest BCUT2D eigenvalue weighted by Crippen LogP contribution is -2.49. The Kier molecular flexibility index (Phi) is 13.3. The number of unbranched alkanes of at least 4 members (excludes halogenated alkanes) is 2. The standard InChI is InChI=1S/C18H37N3O.HI/c1-5-11-18(3)12-10-14-21(16-18)17(19-6-2)20-13-8-7-9-15-22-4;/h5-16H2,1-4H3,(H,19,20);1H. The van der Waals surface area contributed by atoms with Crippen molar-refractivity contribution in [2.45, 2.75) is 65.7 Å². The first-order valence-corrected chi connectivity index (χ1v) is 9.17. The van der Waals surface area contributed by atoms with Crippen LogP contribution in [0.5, 0.6) is 0 Å². The highest BCUT2D eigenvalue weighted by molar-refractivity contribution is 14.0. The molecule has 4 nitrogen and oxygen atoms in total. The Balaban J connectivity index is 0.00000484. The van der Waals surface area contributed by atoms with Gasteiger partial charge in [0.1, 0.15) is 0 Å². The van der Waals surface area contributed by atoms with Gasteiger partial charge in [-0.15, -0.1) is 24.0 Å². The van der Waals surface area contributed by atoms with Gasteiger partial charge in [-0.1, -0.05) is 20.3 Å². The van der Waals surface area contributed by atoms with Crippen LogP contribution in [0.2, 0.25) is 0 Å². The van der Waals surface area contributed by atoms with Crippen molar-refractivity contribution in [1.29, 1.82) is 0 Å². The average molecular weight is 439 g/mol. The second-order valence-corrected chi connectivity index (χ2v) is 6.87. The predicted molar refractivity (Wildman–Crippen MR) is 111 cm³/mol. The van der Waals surface area contributed by atoms with E-state index in [-0.39, 0.29) is 24.0 Å². The van der Waals surface area contributed by atoms with E-state index in [2.05, 4.69) is 31.0 Å². The predicted octanol–water partition coefficient (Wildman–Crippen LogP) is 4.29. The van der Waals surface area contributed by atoms with Gasteiger partial charge in [-0.05, 0) is 50.9 Å². The van der Waals surface area contributed by atoms with E-state index >= 15 is 0 Å². The van der Waals surface area contributed by atoms with Crippen LogP contribution in [-0.2, 0) is 4.74 Å². The Labute approximate surface area is 160 Å². The van der Waals surface area contributed by atoms with Crippen LogP contribution in [0.3, 0.4) is 0 Å². The van der Waals surface area contributed by atoms with Gasteiger partial charge in [0.15, 0.2) is 5.96 Å². The summed E-state index contributed by atoms with van der Waals surface area (Å²) in [5.74, 6) is 1.12. The first-order chi connectivity index (χ1) is 10.6. The lowest BCUT2D eigenvalue weighted by Gasteiger charge is -2.42. The highest BCUT2D eigenvalue weighted by Crippen LogP contribution is 2.33. The molecule has 138 valence electrons. The number of guanidine groups is 1. The van der Waals surface area contributed by atoms with Gasteiger partial charge < -0.3 is 15.0 Å². The van der Waals surface area contributed by atoms with Crippen LogP contribution in [-0.4, -0.2) is 50.8 Å². The fourth-order valence-corrected chi connectivity index (χ4v) is 3.45. The third kappa shape index (κ3) is 9.13. The SMILES string of the molecule is CCCC1(C)CCCN(C(=NCCCCCOC)NCC)C1.I. The van der Waals surface area contributed by atoms with Crippen LogP contribution in [0.25, 0.3) is 0 Å². The van der Waals surface area contributed by atoms with Crippen LogP contribution in [0.4, 0.5) is 0 Å². The molecule has 0 aromatic carbocycles. The van der Waals surface area contributed by atoms with E-state index in [9.17, 15) is 0 Å². The van der Waals surface area contributed by atoms with E-state index in [1.807, 2.05) is 0 Å². The van der Waals surface area contributed by atoms with E-state index < -0.39 is 0 Å². The molecule has 0 aliphatic carbocycles. The minimum atomic E-state index is 0. The third-order valence-corrected chi connectivity index (χ3v) is 4.54. The first-order valence-electron chi connectivity index (χ1n) is 9.17. The first kappa shape index (κ1) is 23.0. The normalized spacial score (nSPS) is 21.9. The Morgan fingerprint density at radius 2 is 2.04 bits per heavy atom. The van der Waals surface area contributed by atoms with Crippen LogP contribution in [0, 0.1) is 5.41 Å². The van der Waals surface area contributed by atoms with Crippen molar-refractivity contribution in [3.05, 3.63) is 0 Å². The zero-order valence-electron chi connectivity index (χ0n) is 15.7. The zero-order chi connectivity index (χ0) is 16.3. The molecule has 1 aliphatic rings. The van der Waals surface area contributed by atoms with Gasteiger partial charge in [-0.25, -0.2) is 0 Å². The van der Waals surface area contributed by atoms with Gasteiger partial charge in [0.05, 0.1) is 0 Å². The number of nitrogens with zero attached hydrogens (tertiary/aromatic N) is 2. The van der Waals surface area contributed by atoms with Crippen molar-refractivity contribution in [3.63, 3.8) is 0 Å². The summed E-state index contributed by atoms with van der Waals surface area (Å²) in [4.78, 5) is 7.34. The molecular weight excluding hydrogens is 401 g/mol. The number of piperidine rings is 1. The fourth-order valence-electron chi connectivity index (χ4n) is 3.45. The van der Waals surface area contributed by atoms with Crippen molar-refractivity contribution in [1.82, 2.24) is 10.2 Å². The molecule has 1 unspecified atom stereocenters. The summed E-state index contributed by atoms with van der Waals surface area (Å²) in [5.41, 5.74) is 0.460. The highest BCUT2D eigenvalue weighted by atomic mass is 127. The average Bonchev–Trinajstić information content (AvgIpc) is 2.49. The van der Waals surface area contributed by atoms with Gasteiger partial charge in [-0.3, -0.25) is 4.99 Å². The van der Waals surface area contributed by atoms with Gasteiger partial charge in [0.2, 0.25) is 0 Å². The molecule has 0 amide bonds. The van der Waals surface area contributed by atoms with Crippen LogP contribution < -0.4 is 5.32 Å². The van der Waals surface area contributed by atoms with Crippen LogP contribution in [0.1, 0.15) is 65.7 Å². The smallest absolute Gasteiger partial charge is 0.193 e. The van der Waals surface area contributed by atoms with E-state index in [1.54, 1.807) is 7.11 Å². The molecule has 1 atom stereocenters. The molecule has 1 fully saturated rings. The molecule has 1 heterocycles. The Morgan fingerprint density at radius 1 is 1.26 bits per heavy atom. The zero-order valence-corrected chi connectivity index (χ0v) is 18.0. The summed E-state index contributed by atoms with van der Waals surface area (Å²) < 4.78 is 5.09. The highest BCUT2D eigenvalue weighted by Gasteiger charge is 2.31. The molecule has 1 rings (SSSR count). The molecule has 0 aromatic rings. The van der Waals surface area contributed by atoms with Gasteiger partial charge in [0, 0.05) is 39.9 Å². The number of rotatable bonds is 9. The number of aliphatic imine (C=N–C) groups is 1. The number of ether oxygens (including phenoxy) is 1. The second-order valence-electron chi connectivity index (χ2n) is 6.87. The largest absolute Gasteiger partial charge is 0.385 e. The Hall–Kier alpha value is -0.0400. The summed E-state index contributed by atoms with van der Waals surface area (Å²) in [6.45, 7) is 11.9. The molecular formula is C18H38IN3O. The van der Waals surface area contributed by atoms with Crippen LogP contribution in [0.15, 0.2) is 4.99 Å². The molecule has 1 aliphatic heterocycles. The number of halogens is 1. The molecule has 0 aromatic heterocycles. The summed E-state index contributed by atoms with van der Waals surface area (Å²) in [6, 6.07) is 0. The minimum absolute atomic E-state index is 0. The number of hydrogen-bond acceptors (Lipinski definition) is 2. The second kappa shape index (κ2) is 13.3. The minimum Gasteiger partial charge on any atom is -0.385 e. The van der Waals surface area contributed by atoms with E-state index in [1.165, 1.54) is 32.1 Å². The molecule has 0 spiro atoms. The van der Waals surface area contributed by atoms with E-state index in [0.29, 0.717) is 5.41 Å². The lowest BCUT2D eigenvalue weighted by molar-refractivity contribution is 0.142. The third-order valence-electron chi connectivity index (χ3n) is 4.54. The van der Waals surface area contributed by atoms with Crippen molar-refractivity contribution < 1.29 is 4.74 Å².